The summed E-state index contributed by atoms with van der Waals surface area (Å²) in [5.41, 5.74) is 0.956. The molecule has 0 aromatic heterocycles. The van der Waals surface area contributed by atoms with Crippen LogP contribution in [0.4, 0.5) is 0 Å². The van der Waals surface area contributed by atoms with Crippen LogP contribution in [0.15, 0.2) is 30.3 Å². The van der Waals surface area contributed by atoms with Gasteiger partial charge in [0, 0.05) is 6.54 Å². The highest BCUT2D eigenvalue weighted by Crippen LogP contribution is 2.25. The quantitative estimate of drug-likeness (QED) is 0.813. The molecule has 0 atom stereocenters. The Kier molecular flexibility index (Phi) is 6.94. The number of carbonyl (C=O) groups excluding carboxylic acids is 2. The van der Waals surface area contributed by atoms with Gasteiger partial charge in [0.25, 0.3) is 0 Å². The minimum atomic E-state index is -0.117. The lowest BCUT2D eigenvalue weighted by molar-refractivity contribution is -0.125. The lowest BCUT2D eigenvalue weighted by Gasteiger charge is -2.21. The van der Waals surface area contributed by atoms with Gasteiger partial charge < -0.3 is 10.6 Å². The molecule has 1 aliphatic carbocycles. The maximum Gasteiger partial charge on any atom is 0.239 e. The van der Waals surface area contributed by atoms with Gasteiger partial charge in [-0.15, -0.1) is 0 Å². The maximum atomic E-state index is 11.7. The lowest BCUT2D eigenvalue weighted by Crippen LogP contribution is -2.38. The highest BCUT2D eigenvalue weighted by molar-refractivity contribution is 5.85. The molecule has 2 rings (SSSR count). The molecule has 1 aromatic carbocycles. The normalized spacial score (nSPS) is 15.3. The first kappa shape index (κ1) is 16.5. The zero-order valence-electron chi connectivity index (χ0n) is 13.1. The molecular weight excluding hydrogens is 276 g/mol. The van der Waals surface area contributed by atoms with Gasteiger partial charge in [-0.2, -0.15) is 0 Å². The van der Waals surface area contributed by atoms with Gasteiger partial charge in [0.15, 0.2) is 0 Å². The fourth-order valence-corrected chi connectivity index (χ4v) is 2.98. The van der Waals surface area contributed by atoms with Crippen LogP contribution in [0.2, 0.25) is 0 Å². The van der Waals surface area contributed by atoms with E-state index in [9.17, 15) is 9.59 Å². The molecule has 0 saturated heterocycles. The van der Waals surface area contributed by atoms with Gasteiger partial charge in [0.1, 0.15) is 0 Å². The number of carbonyl (C=O) groups is 2. The van der Waals surface area contributed by atoms with E-state index in [0.29, 0.717) is 6.42 Å². The van der Waals surface area contributed by atoms with E-state index in [1.54, 1.807) is 0 Å². The van der Waals surface area contributed by atoms with E-state index in [-0.39, 0.29) is 18.4 Å². The molecule has 0 heterocycles. The molecule has 1 fully saturated rings. The summed E-state index contributed by atoms with van der Waals surface area (Å²) in [6.45, 7) is 0.786. The summed E-state index contributed by atoms with van der Waals surface area (Å²) >= 11 is 0. The lowest BCUT2D eigenvalue weighted by atomic mass is 9.87. The van der Waals surface area contributed by atoms with Crippen molar-refractivity contribution in [1.82, 2.24) is 10.6 Å². The van der Waals surface area contributed by atoms with Gasteiger partial charge >= 0.3 is 0 Å². The summed E-state index contributed by atoms with van der Waals surface area (Å²) < 4.78 is 0. The van der Waals surface area contributed by atoms with Crippen molar-refractivity contribution in [2.45, 2.75) is 44.9 Å². The SMILES string of the molecule is O=C(CNC(=O)Cc1ccccc1)NCCC1CCCCC1. The van der Waals surface area contributed by atoms with Gasteiger partial charge in [-0.25, -0.2) is 0 Å². The van der Waals surface area contributed by atoms with Crippen molar-refractivity contribution in [3.63, 3.8) is 0 Å². The molecule has 0 aliphatic heterocycles. The van der Waals surface area contributed by atoms with Crippen LogP contribution in [0.1, 0.15) is 44.1 Å². The molecule has 2 amide bonds. The smallest absolute Gasteiger partial charge is 0.239 e. The van der Waals surface area contributed by atoms with E-state index in [1.165, 1.54) is 32.1 Å². The second-order valence-corrected chi connectivity index (χ2v) is 6.08. The molecule has 120 valence electrons. The third-order valence-corrected chi connectivity index (χ3v) is 4.25. The van der Waals surface area contributed by atoms with Gasteiger partial charge in [0.05, 0.1) is 13.0 Å². The Morgan fingerprint density at radius 3 is 2.41 bits per heavy atom. The van der Waals surface area contributed by atoms with Crippen molar-refractivity contribution in [2.24, 2.45) is 5.92 Å². The van der Waals surface area contributed by atoms with Crippen molar-refractivity contribution in [3.8, 4) is 0 Å². The van der Waals surface area contributed by atoms with Crippen molar-refractivity contribution < 1.29 is 9.59 Å². The largest absolute Gasteiger partial charge is 0.355 e. The summed E-state index contributed by atoms with van der Waals surface area (Å²) in [7, 11) is 0. The van der Waals surface area contributed by atoms with Crippen molar-refractivity contribution in [1.29, 1.82) is 0 Å². The zero-order chi connectivity index (χ0) is 15.6. The monoisotopic (exact) mass is 302 g/mol. The second kappa shape index (κ2) is 9.23. The number of benzene rings is 1. The summed E-state index contributed by atoms with van der Waals surface area (Å²) in [6, 6.07) is 9.54. The van der Waals surface area contributed by atoms with Crippen LogP contribution in [0.25, 0.3) is 0 Å². The number of hydrogen-bond acceptors (Lipinski definition) is 2. The van der Waals surface area contributed by atoms with Crippen LogP contribution < -0.4 is 10.6 Å². The minimum absolute atomic E-state index is 0.0658. The zero-order valence-corrected chi connectivity index (χ0v) is 13.1. The van der Waals surface area contributed by atoms with E-state index >= 15 is 0 Å². The number of amides is 2. The Bertz CT molecular complexity index is 467. The molecule has 1 aromatic rings. The molecule has 0 bridgehead atoms. The molecule has 4 nitrogen and oxygen atoms in total. The molecule has 1 aliphatic rings. The highest BCUT2D eigenvalue weighted by atomic mass is 16.2. The number of rotatable bonds is 7. The summed E-state index contributed by atoms with van der Waals surface area (Å²) in [5, 5.41) is 5.56. The Labute approximate surface area is 132 Å². The van der Waals surface area contributed by atoms with Crippen LogP contribution in [0.5, 0.6) is 0 Å². The fraction of sp³-hybridized carbons (Fsp3) is 0.556. The average Bonchev–Trinajstić information content (AvgIpc) is 2.55. The van der Waals surface area contributed by atoms with Crippen molar-refractivity contribution in [3.05, 3.63) is 35.9 Å². The second-order valence-electron chi connectivity index (χ2n) is 6.08. The number of nitrogens with one attached hydrogen (secondary N) is 2. The van der Waals surface area contributed by atoms with Gasteiger partial charge in [-0.1, -0.05) is 62.4 Å². The topological polar surface area (TPSA) is 58.2 Å². The van der Waals surface area contributed by atoms with Crippen LogP contribution in [0, 0.1) is 5.92 Å². The Balaban J connectivity index is 1.56. The molecule has 22 heavy (non-hydrogen) atoms. The molecule has 1 saturated carbocycles. The molecule has 0 radical (unpaired) electrons. The van der Waals surface area contributed by atoms with E-state index in [1.807, 2.05) is 30.3 Å². The predicted molar refractivity (Wildman–Crippen MR) is 87.4 cm³/mol. The highest BCUT2D eigenvalue weighted by Gasteiger charge is 2.13. The third-order valence-electron chi connectivity index (χ3n) is 4.25. The van der Waals surface area contributed by atoms with Crippen molar-refractivity contribution in [2.75, 3.05) is 13.1 Å². The van der Waals surface area contributed by atoms with Gasteiger partial charge in [-0.05, 0) is 17.9 Å². The molecule has 4 heteroatoms. The Morgan fingerprint density at radius 2 is 1.68 bits per heavy atom. The van der Waals surface area contributed by atoms with E-state index < -0.39 is 0 Å². The Morgan fingerprint density at radius 1 is 0.955 bits per heavy atom. The average molecular weight is 302 g/mol. The predicted octanol–water partition coefficient (Wildman–Crippen LogP) is 2.43. The summed E-state index contributed by atoms with van der Waals surface area (Å²) in [4.78, 5) is 23.5. The molecular formula is C18H26N2O2. The van der Waals surface area contributed by atoms with Crippen LogP contribution in [-0.2, 0) is 16.0 Å². The fourth-order valence-electron chi connectivity index (χ4n) is 2.98. The molecule has 0 unspecified atom stereocenters. The Hall–Kier alpha value is -1.84. The summed E-state index contributed by atoms with van der Waals surface area (Å²) in [6.07, 6.45) is 7.98. The first-order chi connectivity index (χ1) is 10.7. The van der Waals surface area contributed by atoms with E-state index in [0.717, 1.165) is 24.4 Å². The number of hydrogen-bond donors (Lipinski definition) is 2. The van der Waals surface area contributed by atoms with Crippen molar-refractivity contribution >= 4 is 11.8 Å². The van der Waals surface area contributed by atoms with Crippen LogP contribution >= 0.6 is 0 Å². The minimum Gasteiger partial charge on any atom is -0.355 e. The standard InChI is InChI=1S/C18H26N2O2/c21-17(13-16-9-5-2-6-10-16)20-14-18(22)19-12-11-15-7-3-1-4-8-15/h2,5-6,9-10,15H,1,3-4,7-8,11-14H2,(H,19,22)(H,20,21). The van der Waals surface area contributed by atoms with Crippen LogP contribution in [-0.4, -0.2) is 24.9 Å². The third kappa shape index (κ3) is 6.29. The molecule has 0 spiro atoms. The maximum absolute atomic E-state index is 11.7. The molecule has 2 N–H and O–H groups in total. The first-order valence-electron chi connectivity index (χ1n) is 8.31. The van der Waals surface area contributed by atoms with Gasteiger partial charge in [0.2, 0.25) is 11.8 Å². The van der Waals surface area contributed by atoms with Crippen LogP contribution in [0.3, 0.4) is 0 Å². The summed E-state index contributed by atoms with van der Waals surface area (Å²) in [5.74, 6) is 0.549. The van der Waals surface area contributed by atoms with Gasteiger partial charge in [-0.3, -0.25) is 9.59 Å². The van der Waals surface area contributed by atoms with E-state index in [2.05, 4.69) is 10.6 Å². The van der Waals surface area contributed by atoms with E-state index in [4.69, 9.17) is 0 Å². The first-order valence-corrected chi connectivity index (χ1v) is 8.31.